The number of benzene rings is 1. The van der Waals surface area contributed by atoms with Gasteiger partial charge in [0, 0.05) is 41.0 Å². The van der Waals surface area contributed by atoms with E-state index in [0.29, 0.717) is 12.0 Å². The maximum Gasteiger partial charge on any atom is 0.116 e. The zero-order chi connectivity index (χ0) is 21.0. The number of hydrogen-bond acceptors (Lipinski definition) is 4. The Kier molecular flexibility index (Phi) is 6.12. The lowest BCUT2D eigenvalue weighted by molar-refractivity contribution is 0.277. The van der Waals surface area contributed by atoms with E-state index in [9.17, 15) is 0 Å². The van der Waals surface area contributed by atoms with Crippen LogP contribution in [0.5, 0.6) is 0 Å². The molecule has 0 radical (unpaired) electrons. The molecule has 2 aromatic heterocycles. The largest absolute Gasteiger partial charge is 0.311 e. The van der Waals surface area contributed by atoms with Gasteiger partial charge in [-0.05, 0) is 51.5 Å². The fourth-order valence-electron chi connectivity index (χ4n) is 5.42. The van der Waals surface area contributed by atoms with Crippen molar-refractivity contribution in [1.29, 1.82) is 0 Å². The van der Waals surface area contributed by atoms with Crippen molar-refractivity contribution < 1.29 is 0 Å². The van der Waals surface area contributed by atoms with Gasteiger partial charge in [0.1, 0.15) is 12.0 Å². The van der Waals surface area contributed by atoms with Gasteiger partial charge < -0.3 is 5.32 Å². The van der Waals surface area contributed by atoms with Crippen molar-refractivity contribution in [2.75, 3.05) is 0 Å². The lowest BCUT2D eigenvalue weighted by Gasteiger charge is -2.33. The molecule has 2 aliphatic rings. The van der Waals surface area contributed by atoms with Crippen molar-refractivity contribution in [3.05, 3.63) is 54.1 Å². The summed E-state index contributed by atoms with van der Waals surface area (Å²) in [4.78, 5) is 8.72. The van der Waals surface area contributed by atoms with E-state index in [4.69, 9.17) is 5.10 Å². The predicted molar refractivity (Wildman–Crippen MR) is 125 cm³/mol. The van der Waals surface area contributed by atoms with Gasteiger partial charge in [0.15, 0.2) is 0 Å². The highest BCUT2D eigenvalue weighted by Gasteiger charge is 2.29. The van der Waals surface area contributed by atoms with Crippen LogP contribution in [0.2, 0.25) is 0 Å². The molecular weight excluding hydrogens is 382 g/mol. The molecule has 0 bridgehead atoms. The molecule has 5 rings (SSSR count). The first-order chi connectivity index (χ1) is 15.3. The molecule has 0 aliphatic heterocycles. The average Bonchev–Trinajstić information content (AvgIpc) is 3.26. The standard InChI is InChI=1S/C26H33N5/c1-18-7-9-19(10-8-18)25-24(23-15-16-27-17-28-23)26(31-30-25)20-11-13-22(14-12-20)29-21-5-3-2-4-6-21/h7-10,15-17,20-22,29H,2-6,11-14H2,1H3,(H,30,31). The van der Waals surface area contributed by atoms with Crippen molar-refractivity contribution in [3.8, 4) is 22.5 Å². The third-order valence-electron chi connectivity index (χ3n) is 7.17. The molecule has 5 heteroatoms. The van der Waals surface area contributed by atoms with Crippen molar-refractivity contribution >= 4 is 0 Å². The Balaban J connectivity index is 1.37. The van der Waals surface area contributed by atoms with Crippen molar-refractivity contribution in [3.63, 3.8) is 0 Å². The highest BCUT2D eigenvalue weighted by atomic mass is 15.1. The average molecular weight is 416 g/mol. The first-order valence-corrected chi connectivity index (χ1v) is 12.0. The Morgan fingerprint density at radius 3 is 2.32 bits per heavy atom. The van der Waals surface area contributed by atoms with Crippen LogP contribution in [0.1, 0.15) is 75.0 Å². The number of rotatable bonds is 5. The molecule has 2 heterocycles. The van der Waals surface area contributed by atoms with E-state index in [1.807, 2.05) is 12.3 Å². The molecule has 0 atom stereocenters. The molecule has 2 fully saturated rings. The molecule has 162 valence electrons. The Labute approximate surface area is 185 Å². The van der Waals surface area contributed by atoms with Crippen molar-refractivity contribution in [1.82, 2.24) is 25.5 Å². The number of nitrogens with one attached hydrogen (secondary N) is 2. The second-order valence-electron chi connectivity index (χ2n) is 9.37. The lowest BCUT2D eigenvalue weighted by Crippen LogP contribution is -2.41. The van der Waals surface area contributed by atoms with Gasteiger partial charge >= 0.3 is 0 Å². The summed E-state index contributed by atoms with van der Waals surface area (Å²) in [5.74, 6) is 0.501. The smallest absolute Gasteiger partial charge is 0.116 e. The summed E-state index contributed by atoms with van der Waals surface area (Å²) >= 11 is 0. The molecule has 31 heavy (non-hydrogen) atoms. The molecule has 0 saturated heterocycles. The van der Waals surface area contributed by atoms with E-state index in [1.165, 1.54) is 69.0 Å². The van der Waals surface area contributed by atoms with E-state index in [2.05, 4.69) is 51.6 Å². The zero-order valence-corrected chi connectivity index (χ0v) is 18.5. The number of H-pyrrole nitrogens is 1. The van der Waals surface area contributed by atoms with E-state index in [0.717, 1.165) is 28.6 Å². The summed E-state index contributed by atoms with van der Waals surface area (Å²) in [6.45, 7) is 2.12. The Hall–Kier alpha value is -2.53. The minimum absolute atomic E-state index is 0.501. The van der Waals surface area contributed by atoms with Gasteiger partial charge in [0.2, 0.25) is 0 Å². The highest BCUT2D eigenvalue weighted by molar-refractivity contribution is 5.81. The van der Waals surface area contributed by atoms with Gasteiger partial charge in [0.25, 0.3) is 0 Å². The van der Waals surface area contributed by atoms with Crippen LogP contribution >= 0.6 is 0 Å². The van der Waals surface area contributed by atoms with Gasteiger partial charge in [-0.2, -0.15) is 5.10 Å². The number of aryl methyl sites for hydroxylation is 1. The van der Waals surface area contributed by atoms with Crippen LogP contribution in [-0.2, 0) is 0 Å². The summed E-state index contributed by atoms with van der Waals surface area (Å²) in [6, 6.07) is 12.0. The molecule has 0 spiro atoms. The van der Waals surface area contributed by atoms with Crippen molar-refractivity contribution in [2.45, 2.75) is 82.7 Å². The predicted octanol–water partition coefficient (Wildman–Crippen LogP) is 5.79. The van der Waals surface area contributed by atoms with Gasteiger partial charge in [-0.1, -0.05) is 49.1 Å². The third-order valence-corrected chi connectivity index (χ3v) is 7.17. The van der Waals surface area contributed by atoms with Crippen LogP contribution in [-0.4, -0.2) is 32.2 Å². The Bertz CT molecular complexity index is 965. The maximum atomic E-state index is 4.78. The zero-order valence-electron chi connectivity index (χ0n) is 18.5. The molecule has 0 amide bonds. The molecule has 0 unspecified atom stereocenters. The topological polar surface area (TPSA) is 66.5 Å². The van der Waals surface area contributed by atoms with Crippen LogP contribution in [0.15, 0.2) is 42.9 Å². The summed E-state index contributed by atoms with van der Waals surface area (Å²) in [6.07, 6.45) is 15.2. The fourth-order valence-corrected chi connectivity index (χ4v) is 5.42. The van der Waals surface area contributed by atoms with Gasteiger partial charge in [-0.25, -0.2) is 9.97 Å². The second kappa shape index (κ2) is 9.31. The maximum absolute atomic E-state index is 4.78. The Morgan fingerprint density at radius 1 is 0.871 bits per heavy atom. The first-order valence-electron chi connectivity index (χ1n) is 12.0. The van der Waals surface area contributed by atoms with E-state index >= 15 is 0 Å². The van der Waals surface area contributed by atoms with Gasteiger partial charge in [-0.3, -0.25) is 5.10 Å². The van der Waals surface area contributed by atoms with Crippen LogP contribution < -0.4 is 5.32 Å². The minimum atomic E-state index is 0.501. The number of hydrogen-bond donors (Lipinski definition) is 2. The highest BCUT2D eigenvalue weighted by Crippen LogP contribution is 2.41. The second-order valence-corrected chi connectivity index (χ2v) is 9.37. The van der Waals surface area contributed by atoms with Crippen LogP contribution in [0, 0.1) is 6.92 Å². The molecule has 2 saturated carbocycles. The SMILES string of the molecule is Cc1ccc(-c2n[nH]c(C3CCC(NC4CCCCC4)CC3)c2-c2ccncn2)cc1. The van der Waals surface area contributed by atoms with Gasteiger partial charge in [-0.15, -0.1) is 0 Å². The number of aromatic nitrogens is 4. The van der Waals surface area contributed by atoms with Crippen LogP contribution in [0.3, 0.4) is 0 Å². The van der Waals surface area contributed by atoms with E-state index < -0.39 is 0 Å². The molecule has 2 aliphatic carbocycles. The summed E-state index contributed by atoms with van der Waals surface area (Å²) in [5.41, 5.74) is 6.73. The number of nitrogens with zero attached hydrogens (tertiary/aromatic N) is 3. The van der Waals surface area contributed by atoms with E-state index in [1.54, 1.807) is 6.33 Å². The quantitative estimate of drug-likeness (QED) is 0.553. The summed E-state index contributed by atoms with van der Waals surface area (Å²) in [7, 11) is 0. The molecule has 5 nitrogen and oxygen atoms in total. The minimum Gasteiger partial charge on any atom is -0.311 e. The molecule has 3 aromatic rings. The summed E-state index contributed by atoms with van der Waals surface area (Å²) in [5, 5.41) is 12.2. The summed E-state index contributed by atoms with van der Waals surface area (Å²) < 4.78 is 0. The normalized spacial score (nSPS) is 22.5. The number of aromatic amines is 1. The molecular formula is C26H33N5. The lowest BCUT2D eigenvalue weighted by atomic mass is 9.81. The third kappa shape index (κ3) is 4.57. The monoisotopic (exact) mass is 415 g/mol. The van der Waals surface area contributed by atoms with E-state index in [-0.39, 0.29) is 0 Å². The van der Waals surface area contributed by atoms with Gasteiger partial charge in [0.05, 0.1) is 5.69 Å². The van der Waals surface area contributed by atoms with Crippen molar-refractivity contribution in [2.24, 2.45) is 0 Å². The van der Waals surface area contributed by atoms with Crippen LogP contribution in [0.25, 0.3) is 22.5 Å². The Morgan fingerprint density at radius 2 is 1.61 bits per heavy atom. The first kappa shape index (κ1) is 20.4. The molecule has 2 N–H and O–H groups in total. The fraction of sp³-hybridized carbons (Fsp3) is 0.500. The van der Waals surface area contributed by atoms with Crippen LogP contribution in [0.4, 0.5) is 0 Å². The molecule has 1 aromatic carbocycles.